The van der Waals surface area contributed by atoms with Gasteiger partial charge in [0.2, 0.25) is 0 Å². The van der Waals surface area contributed by atoms with Gasteiger partial charge in [-0.05, 0) is 46.2 Å². The number of nitrogens with zero attached hydrogens (tertiary/aromatic N) is 1. The minimum absolute atomic E-state index is 0.306. The van der Waals surface area contributed by atoms with Crippen LogP contribution in [0.2, 0.25) is 0 Å². The summed E-state index contributed by atoms with van der Waals surface area (Å²) in [5, 5.41) is 9.42. The van der Waals surface area contributed by atoms with Crippen molar-refractivity contribution in [2.75, 3.05) is 18.0 Å². The van der Waals surface area contributed by atoms with Crippen molar-refractivity contribution < 1.29 is 14.6 Å². The van der Waals surface area contributed by atoms with E-state index >= 15 is 0 Å². The first-order valence-corrected chi connectivity index (χ1v) is 6.89. The molecule has 2 rings (SSSR count). The van der Waals surface area contributed by atoms with Crippen LogP contribution in [-0.4, -0.2) is 35.4 Å². The molecule has 1 N–H and O–H groups in total. The topological polar surface area (TPSA) is 49.8 Å². The fourth-order valence-corrected chi connectivity index (χ4v) is 3.20. The summed E-state index contributed by atoms with van der Waals surface area (Å²) in [6.07, 6.45) is 0. The number of rotatable bonds is 2. The molecule has 0 atom stereocenters. The van der Waals surface area contributed by atoms with E-state index in [1.807, 2.05) is 40.7 Å². The fraction of sp³-hybridized carbons (Fsp3) is 0.562. The zero-order chi connectivity index (χ0) is 15.1. The number of anilines is 1. The zero-order valence-electron chi connectivity index (χ0n) is 12.9. The Labute approximate surface area is 120 Å². The van der Waals surface area contributed by atoms with Crippen molar-refractivity contribution in [3.63, 3.8) is 0 Å². The minimum atomic E-state index is -0.884. The normalized spacial score (nSPS) is 20.8. The number of aryl methyl sites for hydroxylation is 1. The maximum atomic E-state index is 11.5. The number of hydrogen-bond donors (Lipinski definition) is 1. The van der Waals surface area contributed by atoms with E-state index in [1.165, 1.54) is 0 Å². The molecule has 1 aromatic rings. The number of benzene rings is 1. The van der Waals surface area contributed by atoms with Crippen LogP contribution in [0.3, 0.4) is 0 Å². The summed E-state index contributed by atoms with van der Waals surface area (Å²) >= 11 is 0. The molecule has 110 valence electrons. The number of aromatic carboxylic acids is 1. The lowest BCUT2D eigenvalue weighted by molar-refractivity contribution is -0.133. The summed E-state index contributed by atoms with van der Waals surface area (Å²) in [5.41, 5.74) is 1.54. The quantitative estimate of drug-likeness (QED) is 0.902. The first-order valence-electron chi connectivity index (χ1n) is 6.89. The predicted octanol–water partition coefficient (Wildman–Crippen LogP) is 3.09. The van der Waals surface area contributed by atoms with Crippen molar-refractivity contribution in [3.05, 3.63) is 29.3 Å². The molecule has 0 unspecified atom stereocenters. The van der Waals surface area contributed by atoms with Crippen LogP contribution in [0.4, 0.5) is 5.69 Å². The van der Waals surface area contributed by atoms with Gasteiger partial charge in [-0.2, -0.15) is 0 Å². The molecular weight excluding hydrogens is 254 g/mol. The third kappa shape index (κ3) is 2.96. The molecular formula is C16H23NO3. The number of ether oxygens (including phenoxy) is 1. The van der Waals surface area contributed by atoms with Crippen molar-refractivity contribution in [3.8, 4) is 0 Å². The van der Waals surface area contributed by atoms with Crippen molar-refractivity contribution >= 4 is 11.7 Å². The molecule has 1 aromatic carbocycles. The summed E-state index contributed by atoms with van der Waals surface area (Å²) in [6, 6.07) is 5.41. The Hall–Kier alpha value is -1.55. The first-order chi connectivity index (χ1) is 9.11. The molecule has 1 saturated heterocycles. The van der Waals surface area contributed by atoms with E-state index in [4.69, 9.17) is 4.74 Å². The van der Waals surface area contributed by atoms with Crippen LogP contribution in [0.25, 0.3) is 0 Å². The second kappa shape index (κ2) is 4.77. The Morgan fingerprint density at radius 2 is 1.75 bits per heavy atom. The summed E-state index contributed by atoms with van der Waals surface area (Å²) in [6.45, 7) is 11.5. The van der Waals surface area contributed by atoms with Crippen LogP contribution in [0.5, 0.6) is 0 Å². The standard InChI is InChI=1S/C16H23NO3/c1-11-7-6-8-12(14(18)19)13(11)17-9-15(2,3)20-16(4,5)10-17/h6-8H,9-10H2,1-5H3,(H,18,19). The predicted molar refractivity (Wildman–Crippen MR) is 79.6 cm³/mol. The van der Waals surface area contributed by atoms with Crippen LogP contribution in [-0.2, 0) is 4.74 Å². The lowest BCUT2D eigenvalue weighted by Crippen LogP contribution is -2.57. The highest BCUT2D eigenvalue weighted by Crippen LogP contribution is 2.34. The molecule has 0 amide bonds. The van der Waals surface area contributed by atoms with Gasteiger partial charge in [-0.3, -0.25) is 0 Å². The highest BCUT2D eigenvalue weighted by atomic mass is 16.5. The molecule has 4 nitrogen and oxygen atoms in total. The molecule has 20 heavy (non-hydrogen) atoms. The molecule has 1 fully saturated rings. The monoisotopic (exact) mass is 277 g/mol. The SMILES string of the molecule is Cc1cccc(C(=O)O)c1N1CC(C)(C)OC(C)(C)C1. The van der Waals surface area contributed by atoms with Gasteiger partial charge in [0, 0.05) is 13.1 Å². The Bertz CT molecular complexity index is 519. The number of carboxylic acid groups (broad SMARTS) is 1. The van der Waals surface area contributed by atoms with E-state index < -0.39 is 5.97 Å². The Morgan fingerprint density at radius 1 is 1.20 bits per heavy atom. The van der Waals surface area contributed by atoms with Gasteiger partial charge in [-0.25, -0.2) is 4.79 Å². The van der Waals surface area contributed by atoms with E-state index in [2.05, 4.69) is 4.90 Å². The summed E-state index contributed by atoms with van der Waals surface area (Å²) in [7, 11) is 0. The lowest BCUT2D eigenvalue weighted by Gasteiger charge is -2.48. The van der Waals surface area contributed by atoms with Crippen molar-refractivity contribution in [2.45, 2.75) is 45.8 Å². The van der Waals surface area contributed by atoms with Crippen LogP contribution in [0.1, 0.15) is 43.6 Å². The van der Waals surface area contributed by atoms with Crippen LogP contribution in [0.15, 0.2) is 18.2 Å². The minimum Gasteiger partial charge on any atom is -0.478 e. The summed E-state index contributed by atoms with van der Waals surface area (Å²) in [4.78, 5) is 13.6. The average molecular weight is 277 g/mol. The van der Waals surface area contributed by atoms with E-state index in [0.717, 1.165) is 11.3 Å². The fourth-order valence-electron chi connectivity index (χ4n) is 3.20. The van der Waals surface area contributed by atoms with Crippen molar-refractivity contribution in [1.82, 2.24) is 0 Å². The molecule has 0 aliphatic carbocycles. The van der Waals surface area contributed by atoms with Crippen molar-refractivity contribution in [2.24, 2.45) is 0 Å². The number of hydrogen-bond acceptors (Lipinski definition) is 3. The van der Waals surface area contributed by atoms with Gasteiger partial charge in [0.05, 0.1) is 22.5 Å². The largest absolute Gasteiger partial charge is 0.478 e. The van der Waals surface area contributed by atoms with Gasteiger partial charge < -0.3 is 14.7 Å². The molecule has 1 aliphatic heterocycles. The number of para-hydroxylation sites is 1. The van der Waals surface area contributed by atoms with Crippen LogP contribution in [0, 0.1) is 6.92 Å². The number of carboxylic acids is 1. The molecule has 0 bridgehead atoms. The van der Waals surface area contributed by atoms with Gasteiger partial charge in [0.25, 0.3) is 0 Å². The smallest absolute Gasteiger partial charge is 0.337 e. The van der Waals surface area contributed by atoms with Crippen molar-refractivity contribution in [1.29, 1.82) is 0 Å². The highest BCUT2D eigenvalue weighted by Gasteiger charge is 2.39. The zero-order valence-corrected chi connectivity index (χ0v) is 12.9. The van der Waals surface area contributed by atoms with E-state index in [0.29, 0.717) is 18.7 Å². The van der Waals surface area contributed by atoms with Gasteiger partial charge >= 0.3 is 5.97 Å². The maximum absolute atomic E-state index is 11.5. The number of morpholine rings is 1. The van der Waals surface area contributed by atoms with Gasteiger partial charge in [-0.15, -0.1) is 0 Å². The summed E-state index contributed by atoms with van der Waals surface area (Å²) in [5.74, 6) is -0.884. The third-order valence-corrected chi connectivity index (χ3v) is 3.48. The first kappa shape index (κ1) is 14.9. The molecule has 1 heterocycles. The Morgan fingerprint density at radius 3 is 2.25 bits per heavy atom. The molecule has 0 aromatic heterocycles. The highest BCUT2D eigenvalue weighted by molar-refractivity contribution is 5.95. The van der Waals surface area contributed by atoms with Crippen LogP contribution >= 0.6 is 0 Å². The maximum Gasteiger partial charge on any atom is 0.337 e. The van der Waals surface area contributed by atoms with Gasteiger partial charge in [-0.1, -0.05) is 12.1 Å². The third-order valence-electron chi connectivity index (χ3n) is 3.48. The average Bonchev–Trinajstić information content (AvgIpc) is 2.23. The Kier molecular flexibility index (Phi) is 3.54. The molecule has 0 saturated carbocycles. The molecule has 0 radical (unpaired) electrons. The summed E-state index contributed by atoms with van der Waals surface area (Å²) < 4.78 is 6.06. The molecule has 4 heteroatoms. The van der Waals surface area contributed by atoms with E-state index in [1.54, 1.807) is 12.1 Å². The number of carbonyl (C=O) groups is 1. The van der Waals surface area contributed by atoms with E-state index in [-0.39, 0.29) is 11.2 Å². The van der Waals surface area contributed by atoms with E-state index in [9.17, 15) is 9.90 Å². The lowest BCUT2D eigenvalue weighted by atomic mass is 9.96. The van der Waals surface area contributed by atoms with Crippen LogP contribution < -0.4 is 4.90 Å². The Balaban J connectivity index is 2.48. The molecule has 0 spiro atoms. The second-order valence-corrected chi connectivity index (χ2v) is 6.75. The second-order valence-electron chi connectivity index (χ2n) is 6.75. The van der Waals surface area contributed by atoms with Gasteiger partial charge in [0.15, 0.2) is 0 Å². The van der Waals surface area contributed by atoms with Gasteiger partial charge in [0.1, 0.15) is 0 Å². The molecule has 1 aliphatic rings.